The molecule has 0 saturated carbocycles. The molecule has 0 nitrogen and oxygen atoms in total. The summed E-state index contributed by atoms with van der Waals surface area (Å²) in [5.74, 6) is 1.09. The fourth-order valence-corrected chi connectivity index (χ4v) is 10.5. The zero-order chi connectivity index (χ0) is 29.4. The Balaban J connectivity index is 0.00000184. The summed E-state index contributed by atoms with van der Waals surface area (Å²) in [6.07, 6.45) is 2.49. The van der Waals surface area contributed by atoms with Crippen LogP contribution in [0.4, 0.5) is 0 Å². The minimum atomic E-state index is -1.98. The molecule has 0 aromatic heterocycles. The van der Waals surface area contributed by atoms with Crippen LogP contribution in [0.25, 0.3) is 43.8 Å². The molecule has 45 heavy (non-hydrogen) atoms. The van der Waals surface area contributed by atoms with Crippen molar-refractivity contribution in [3.8, 4) is 22.3 Å². The second-order valence-corrected chi connectivity index (χ2v) is 17.4. The van der Waals surface area contributed by atoms with Crippen LogP contribution in [0.3, 0.4) is 0 Å². The van der Waals surface area contributed by atoms with Gasteiger partial charge < -0.3 is 14.9 Å². The van der Waals surface area contributed by atoms with E-state index < -0.39 is 8.07 Å². The second kappa shape index (κ2) is 15.2. The van der Waals surface area contributed by atoms with E-state index in [0.29, 0.717) is 11.8 Å². The van der Waals surface area contributed by atoms with Gasteiger partial charge in [-0.3, -0.25) is 0 Å². The molecule has 0 spiro atoms. The molecule has 6 aromatic carbocycles. The van der Waals surface area contributed by atoms with Gasteiger partial charge in [-0.2, -0.15) is 12.1 Å². The second-order valence-electron chi connectivity index (χ2n) is 13.1. The fourth-order valence-electron chi connectivity index (χ4n) is 6.69. The third-order valence-electron chi connectivity index (χ3n) is 9.58. The molecule has 0 bridgehead atoms. The number of hydrogen-bond donors (Lipinski definition) is 0. The molecule has 0 heterocycles. The smallest absolute Gasteiger partial charge is 0.358 e. The molecular weight excluding hydrogens is 723 g/mol. The van der Waals surface area contributed by atoms with E-state index in [1.807, 2.05) is 0 Å². The summed E-state index contributed by atoms with van der Waals surface area (Å²) in [6.45, 7) is 14.0. The molecule has 0 saturated heterocycles. The molecule has 0 aliphatic heterocycles. The Morgan fingerprint density at radius 2 is 1.00 bits per heavy atom. The predicted molar refractivity (Wildman–Crippen MR) is 202 cm³/mol. The molecule has 0 atom stereocenters. The monoisotopic (exact) mass is 774 g/mol. The summed E-state index contributed by atoms with van der Waals surface area (Å²) in [4.78, 5) is 0. The zero-order valence-electron chi connectivity index (χ0n) is 28.7. The van der Waals surface area contributed by atoms with Gasteiger partial charge in [0.1, 0.15) is 0 Å². The maximum Gasteiger partial charge on any atom is 4.00 e. The standard InChI is InChI=1S/C41H44Si.2CH3.Hf/c1-7-8-23-42(6,36-24-34-11-9-13-38(40(34)26-36)32-19-15-30(16-20-32)28(2)3)37-25-35-12-10-14-39(41(35)27-37)33-21-17-31(18-22-33)29(4)5;;;/h9-22,24-29H,7-8,23H2,1-6H3;2*1H3;/q-2;2*-1;+4. The first-order chi connectivity index (χ1) is 20.3. The number of unbranched alkanes of at least 4 members (excludes halogenated alkanes) is 1. The first-order valence-corrected chi connectivity index (χ1v) is 18.6. The Morgan fingerprint density at radius 1 is 0.600 bits per heavy atom. The van der Waals surface area contributed by atoms with E-state index in [1.54, 1.807) is 10.4 Å². The molecular formula is C43H50HfSi. The maximum absolute atomic E-state index is 2.61. The van der Waals surface area contributed by atoms with Crippen molar-refractivity contribution in [2.75, 3.05) is 0 Å². The molecule has 0 amide bonds. The van der Waals surface area contributed by atoms with E-state index >= 15 is 0 Å². The Morgan fingerprint density at radius 3 is 1.36 bits per heavy atom. The van der Waals surface area contributed by atoms with E-state index in [1.165, 1.54) is 73.8 Å². The number of rotatable bonds is 9. The van der Waals surface area contributed by atoms with Gasteiger partial charge in [0.05, 0.1) is 8.07 Å². The number of benzene rings is 4. The minimum absolute atomic E-state index is 0. The van der Waals surface area contributed by atoms with Crippen molar-refractivity contribution in [1.82, 2.24) is 0 Å². The predicted octanol–water partition coefficient (Wildman–Crippen LogP) is 11.9. The van der Waals surface area contributed by atoms with Crippen molar-refractivity contribution in [3.63, 3.8) is 0 Å². The van der Waals surface area contributed by atoms with Crippen LogP contribution in [0.5, 0.6) is 0 Å². The summed E-state index contributed by atoms with van der Waals surface area (Å²) in [7, 11) is -1.98. The van der Waals surface area contributed by atoms with Crippen molar-refractivity contribution in [3.05, 3.63) is 135 Å². The maximum atomic E-state index is 2.61. The SMILES string of the molecule is CCCC[Si](C)(c1cc2c(-c3ccc(C(C)C)cc3)cccc2[cH-]1)c1cc2c(-c3ccc(C(C)C)cc3)cccc2[cH-]1.[CH3-].[CH3-].[Hf+4]. The van der Waals surface area contributed by atoms with Crippen LogP contribution in [0, 0.1) is 14.9 Å². The van der Waals surface area contributed by atoms with Gasteiger partial charge in [-0.05, 0) is 34.1 Å². The van der Waals surface area contributed by atoms with Crippen molar-refractivity contribution in [2.45, 2.75) is 71.9 Å². The van der Waals surface area contributed by atoms with Gasteiger partial charge in [0.2, 0.25) is 0 Å². The largest absolute Gasteiger partial charge is 4.00 e. The average molecular weight is 773 g/mol. The molecule has 6 rings (SSSR count). The Kier molecular flexibility index (Phi) is 12.4. The minimum Gasteiger partial charge on any atom is -0.358 e. The van der Waals surface area contributed by atoms with Gasteiger partial charge in [-0.25, -0.2) is 0 Å². The molecule has 0 aliphatic carbocycles. The third kappa shape index (κ3) is 7.13. The normalized spacial score (nSPS) is 11.5. The van der Waals surface area contributed by atoms with Crippen LogP contribution in [0.2, 0.25) is 12.6 Å². The Hall–Kier alpha value is -2.81. The molecule has 6 aromatic rings. The van der Waals surface area contributed by atoms with Gasteiger partial charge in [0.15, 0.2) is 0 Å². The van der Waals surface area contributed by atoms with Gasteiger partial charge in [0, 0.05) is 0 Å². The molecule has 0 fully saturated rings. The summed E-state index contributed by atoms with van der Waals surface area (Å²) in [5.41, 5.74) is 8.11. The number of fused-ring (bicyclic) bond motifs is 2. The zero-order valence-corrected chi connectivity index (χ0v) is 33.3. The molecule has 230 valence electrons. The first kappa shape index (κ1) is 36.7. The van der Waals surface area contributed by atoms with E-state index in [-0.39, 0.29) is 40.7 Å². The van der Waals surface area contributed by atoms with Gasteiger partial charge in [0.25, 0.3) is 0 Å². The van der Waals surface area contributed by atoms with Crippen LogP contribution in [-0.2, 0) is 25.8 Å². The van der Waals surface area contributed by atoms with Crippen LogP contribution in [0.15, 0.2) is 109 Å². The van der Waals surface area contributed by atoms with Gasteiger partial charge in [-0.1, -0.05) is 132 Å². The van der Waals surface area contributed by atoms with E-state index in [2.05, 4.69) is 150 Å². The fraction of sp³-hybridized carbons (Fsp3) is 0.256. The summed E-state index contributed by atoms with van der Waals surface area (Å²) in [6, 6.07) is 43.5. The van der Waals surface area contributed by atoms with Crippen molar-refractivity contribution < 1.29 is 25.8 Å². The van der Waals surface area contributed by atoms with Crippen LogP contribution in [-0.4, -0.2) is 8.07 Å². The topological polar surface area (TPSA) is 0 Å². The van der Waals surface area contributed by atoms with E-state index in [9.17, 15) is 0 Å². The van der Waals surface area contributed by atoms with Crippen molar-refractivity contribution in [1.29, 1.82) is 0 Å². The van der Waals surface area contributed by atoms with Gasteiger partial charge >= 0.3 is 25.8 Å². The Bertz CT molecular complexity index is 1680. The van der Waals surface area contributed by atoms with E-state index in [0.717, 1.165) is 0 Å². The third-order valence-corrected chi connectivity index (χ3v) is 14.1. The summed E-state index contributed by atoms with van der Waals surface area (Å²) < 4.78 is 0. The van der Waals surface area contributed by atoms with Crippen molar-refractivity contribution in [2.24, 2.45) is 0 Å². The van der Waals surface area contributed by atoms with Crippen LogP contribution in [0.1, 0.15) is 70.4 Å². The molecule has 0 unspecified atom stereocenters. The Labute approximate surface area is 293 Å². The quantitative estimate of drug-likeness (QED) is 0.101. The average Bonchev–Trinajstić information content (AvgIpc) is 3.65. The summed E-state index contributed by atoms with van der Waals surface area (Å²) >= 11 is 0. The first-order valence-electron chi connectivity index (χ1n) is 15.9. The molecule has 0 aliphatic rings. The molecule has 0 radical (unpaired) electrons. The van der Waals surface area contributed by atoms with Crippen LogP contribution < -0.4 is 10.4 Å². The number of hydrogen-bond acceptors (Lipinski definition) is 0. The van der Waals surface area contributed by atoms with E-state index in [4.69, 9.17) is 0 Å². The molecule has 0 N–H and O–H groups in total. The molecule has 2 heteroatoms. The van der Waals surface area contributed by atoms with Gasteiger partial charge in [-0.15, -0.1) is 68.3 Å². The van der Waals surface area contributed by atoms with Crippen molar-refractivity contribution >= 4 is 40.0 Å². The van der Waals surface area contributed by atoms with Crippen LogP contribution >= 0.6 is 0 Å². The summed E-state index contributed by atoms with van der Waals surface area (Å²) in [5, 5.41) is 8.65.